The van der Waals surface area contributed by atoms with Gasteiger partial charge in [0.15, 0.2) is 5.16 Å². The lowest BCUT2D eigenvalue weighted by molar-refractivity contribution is -0.113. The van der Waals surface area contributed by atoms with E-state index in [1.54, 1.807) is 24.3 Å². The monoisotopic (exact) mass is 405 g/mol. The third kappa shape index (κ3) is 6.26. The Bertz CT molecular complexity index is 859. The molecule has 0 saturated carbocycles. The highest BCUT2D eigenvalue weighted by Crippen LogP contribution is 2.18. The molecule has 0 fully saturated rings. The second-order valence-corrected chi connectivity index (χ2v) is 7.75. The Balaban J connectivity index is 1.99. The van der Waals surface area contributed by atoms with Crippen molar-refractivity contribution in [3.63, 3.8) is 0 Å². The highest BCUT2D eigenvalue weighted by atomic mass is 32.2. The number of anilines is 1. The first kappa shape index (κ1) is 21.7. The molecular weight excluding hydrogens is 378 g/mol. The van der Waals surface area contributed by atoms with Crippen LogP contribution in [0.15, 0.2) is 34.2 Å². The molecule has 0 radical (unpaired) electrons. The summed E-state index contributed by atoms with van der Waals surface area (Å²) < 4.78 is 1.54. The third-order valence-corrected chi connectivity index (χ3v) is 4.88. The van der Waals surface area contributed by atoms with E-state index >= 15 is 0 Å². The van der Waals surface area contributed by atoms with E-state index in [9.17, 15) is 14.4 Å². The fraction of sp³-hybridized carbons (Fsp3) is 0.474. The third-order valence-electron chi connectivity index (χ3n) is 3.91. The maximum atomic E-state index is 12.4. The van der Waals surface area contributed by atoms with E-state index in [4.69, 9.17) is 0 Å². The SMILES string of the molecule is CCCCn1c(SCC(=O)Nc2ccccc2C(=O)NCC(C)C)n[nH]c1=O. The molecule has 0 aliphatic rings. The van der Waals surface area contributed by atoms with Crippen molar-refractivity contribution in [3.05, 3.63) is 40.3 Å². The fourth-order valence-corrected chi connectivity index (χ4v) is 3.20. The number of H-pyrrole nitrogens is 1. The Morgan fingerprint density at radius 1 is 1.29 bits per heavy atom. The van der Waals surface area contributed by atoms with Gasteiger partial charge < -0.3 is 10.6 Å². The molecule has 2 amide bonds. The number of unbranched alkanes of at least 4 members (excludes halogenated alkanes) is 1. The van der Waals surface area contributed by atoms with Gasteiger partial charge in [-0.3, -0.25) is 14.2 Å². The summed E-state index contributed by atoms with van der Waals surface area (Å²) in [5.41, 5.74) is 0.601. The number of aromatic nitrogens is 3. The van der Waals surface area contributed by atoms with Crippen LogP contribution in [0, 0.1) is 5.92 Å². The zero-order chi connectivity index (χ0) is 20.5. The number of thioether (sulfide) groups is 1. The van der Waals surface area contributed by atoms with Gasteiger partial charge in [0.2, 0.25) is 5.91 Å². The van der Waals surface area contributed by atoms with Crippen molar-refractivity contribution in [2.45, 2.75) is 45.3 Å². The molecule has 0 saturated heterocycles. The van der Waals surface area contributed by atoms with Crippen LogP contribution in [-0.2, 0) is 11.3 Å². The van der Waals surface area contributed by atoms with Crippen molar-refractivity contribution in [3.8, 4) is 0 Å². The Morgan fingerprint density at radius 3 is 2.75 bits per heavy atom. The van der Waals surface area contributed by atoms with Gasteiger partial charge in [-0.05, 0) is 24.5 Å². The summed E-state index contributed by atoms with van der Waals surface area (Å²) in [6, 6.07) is 6.88. The summed E-state index contributed by atoms with van der Waals surface area (Å²) in [4.78, 5) is 36.5. The lowest BCUT2D eigenvalue weighted by Crippen LogP contribution is -2.28. The van der Waals surface area contributed by atoms with Crippen LogP contribution in [-0.4, -0.2) is 38.9 Å². The molecule has 2 aromatic rings. The van der Waals surface area contributed by atoms with Crippen molar-refractivity contribution in [1.82, 2.24) is 20.1 Å². The van der Waals surface area contributed by atoms with Gasteiger partial charge in [0.1, 0.15) is 0 Å². The van der Waals surface area contributed by atoms with E-state index < -0.39 is 0 Å². The molecule has 0 aliphatic carbocycles. The molecular formula is C19H27N5O3S. The molecule has 1 heterocycles. The second-order valence-electron chi connectivity index (χ2n) is 6.80. The number of benzene rings is 1. The summed E-state index contributed by atoms with van der Waals surface area (Å²) in [5, 5.41) is 12.5. The van der Waals surface area contributed by atoms with Crippen LogP contribution in [0.4, 0.5) is 5.69 Å². The van der Waals surface area contributed by atoms with Gasteiger partial charge in [-0.2, -0.15) is 0 Å². The minimum Gasteiger partial charge on any atom is -0.352 e. The normalized spacial score (nSPS) is 10.9. The molecule has 0 unspecified atom stereocenters. The minimum atomic E-state index is -0.275. The van der Waals surface area contributed by atoms with Crippen molar-refractivity contribution in [1.29, 1.82) is 0 Å². The Hall–Kier alpha value is -2.55. The zero-order valence-electron chi connectivity index (χ0n) is 16.4. The van der Waals surface area contributed by atoms with Gasteiger partial charge in [0.25, 0.3) is 5.91 Å². The summed E-state index contributed by atoms with van der Waals surface area (Å²) in [7, 11) is 0. The average molecular weight is 406 g/mol. The predicted molar refractivity (Wildman–Crippen MR) is 111 cm³/mol. The molecule has 0 bridgehead atoms. The Kier molecular flexibility index (Phi) is 8.31. The van der Waals surface area contributed by atoms with E-state index in [-0.39, 0.29) is 23.3 Å². The van der Waals surface area contributed by atoms with Crippen LogP contribution in [0.5, 0.6) is 0 Å². The number of hydrogen-bond acceptors (Lipinski definition) is 5. The zero-order valence-corrected chi connectivity index (χ0v) is 17.3. The van der Waals surface area contributed by atoms with E-state index in [2.05, 4.69) is 20.8 Å². The molecule has 28 heavy (non-hydrogen) atoms. The first-order valence-corrected chi connectivity index (χ1v) is 10.4. The van der Waals surface area contributed by atoms with E-state index in [0.717, 1.165) is 12.8 Å². The lowest BCUT2D eigenvalue weighted by Gasteiger charge is -2.12. The van der Waals surface area contributed by atoms with Gasteiger partial charge in [0.05, 0.1) is 17.0 Å². The number of nitrogens with one attached hydrogen (secondary N) is 3. The van der Waals surface area contributed by atoms with E-state index in [1.807, 2.05) is 20.8 Å². The van der Waals surface area contributed by atoms with Crippen molar-refractivity contribution in [2.75, 3.05) is 17.6 Å². The maximum Gasteiger partial charge on any atom is 0.343 e. The predicted octanol–water partition coefficient (Wildman–Crippen LogP) is 2.49. The van der Waals surface area contributed by atoms with E-state index in [1.165, 1.54) is 16.3 Å². The standard InChI is InChI=1S/C19H27N5O3S/c1-4-5-10-24-18(27)22-23-19(24)28-12-16(25)21-15-9-7-6-8-14(15)17(26)20-11-13(2)3/h6-9,13H,4-5,10-12H2,1-3H3,(H,20,26)(H,21,25)(H,22,27). The molecule has 8 nitrogen and oxygen atoms in total. The number of nitrogens with zero attached hydrogens (tertiary/aromatic N) is 2. The second kappa shape index (κ2) is 10.7. The van der Waals surface area contributed by atoms with Crippen LogP contribution < -0.4 is 16.3 Å². The van der Waals surface area contributed by atoms with Crippen LogP contribution in [0.3, 0.4) is 0 Å². The molecule has 2 rings (SSSR count). The van der Waals surface area contributed by atoms with Crippen molar-refractivity contribution >= 4 is 29.3 Å². The van der Waals surface area contributed by atoms with Gasteiger partial charge in [-0.1, -0.05) is 51.1 Å². The highest BCUT2D eigenvalue weighted by molar-refractivity contribution is 7.99. The Labute approximate surface area is 168 Å². The number of rotatable bonds is 10. The maximum absolute atomic E-state index is 12.4. The quantitative estimate of drug-likeness (QED) is 0.526. The number of carbonyl (C=O) groups excluding carboxylic acids is 2. The molecule has 1 aromatic heterocycles. The fourth-order valence-electron chi connectivity index (χ4n) is 2.43. The number of aromatic amines is 1. The minimum absolute atomic E-state index is 0.0817. The van der Waals surface area contributed by atoms with Crippen LogP contribution >= 0.6 is 11.8 Å². The number of hydrogen-bond donors (Lipinski definition) is 3. The summed E-state index contributed by atoms with van der Waals surface area (Å²) >= 11 is 1.18. The smallest absolute Gasteiger partial charge is 0.343 e. The van der Waals surface area contributed by atoms with Crippen molar-refractivity contribution < 1.29 is 9.59 Å². The molecule has 152 valence electrons. The molecule has 0 spiro atoms. The average Bonchev–Trinajstić information content (AvgIpc) is 3.02. The molecule has 1 aromatic carbocycles. The number of para-hydroxylation sites is 1. The van der Waals surface area contributed by atoms with E-state index in [0.29, 0.717) is 35.4 Å². The van der Waals surface area contributed by atoms with Gasteiger partial charge in [-0.15, -0.1) is 5.10 Å². The summed E-state index contributed by atoms with van der Waals surface area (Å²) in [6.07, 6.45) is 1.82. The van der Waals surface area contributed by atoms with Crippen LogP contribution in [0.1, 0.15) is 44.0 Å². The number of amides is 2. The topological polar surface area (TPSA) is 109 Å². The lowest BCUT2D eigenvalue weighted by atomic mass is 10.1. The first-order valence-electron chi connectivity index (χ1n) is 9.37. The van der Waals surface area contributed by atoms with Crippen LogP contribution in [0.2, 0.25) is 0 Å². The number of carbonyl (C=O) groups is 2. The largest absolute Gasteiger partial charge is 0.352 e. The molecule has 9 heteroatoms. The molecule has 0 atom stereocenters. The summed E-state index contributed by atoms with van der Waals surface area (Å²) in [5.74, 6) is -0.0796. The first-order chi connectivity index (χ1) is 13.4. The van der Waals surface area contributed by atoms with Gasteiger partial charge in [0, 0.05) is 13.1 Å². The van der Waals surface area contributed by atoms with Gasteiger partial charge in [-0.25, -0.2) is 9.89 Å². The Morgan fingerprint density at radius 2 is 2.04 bits per heavy atom. The summed E-state index contributed by atoms with van der Waals surface area (Å²) in [6.45, 7) is 7.20. The molecule has 0 aliphatic heterocycles. The van der Waals surface area contributed by atoms with Gasteiger partial charge >= 0.3 is 5.69 Å². The van der Waals surface area contributed by atoms with Crippen molar-refractivity contribution in [2.24, 2.45) is 5.92 Å². The van der Waals surface area contributed by atoms with Crippen LogP contribution in [0.25, 0.3) is 0 Å². The highest BCUT2D eigenvalue weighted by Gasteiger charge is 2.15. The molecule has 3 N–H and O–H groups in total.